The number of sulfonamides is 1. The number of hydrogen-bond acceptors (Lipinski definition) is 6. The molecule has 0 aliphatic rings. The summed E-state index contributed by atoms with van der Waals surface area (Å²) in [5.74, 6) is -0.743. The fourth-order valence-electron chi connectivity index (χ4n) is 1.37. The quantitative estimate of drug-likeness (QED) is 0.374. The van der Waals surface area contributed by atoms with E-state index in [9.17, 15) is 23.3 Å². The van der Waals surface area contributed by atoms with Gasteiger partial charge in [0.2, 0.25) is 0 Å². The highest BCUT2D eigenvalue weighted by molar-refractivity contribution is 7.89. The summed E-state index contributed by atoms with van der Waals surface area (Å²) in [6.45, 7) is 1.32. The number of benzene rings is 1. The number of carbonyl (C=O) groups is 1. The highest BCUT2D eigenvalue weighted by Gasteiger charge is 2.25. The summed E-state index contributed by atoms with van der Waals surface area (Å²) in [6.07, 6.45) is 0.923. The Bertz CT molecular complexity index is 665. The first-order chi connectivity index (χ1) is 9.27. The fourth-order valence-corrected chi connectivity index (χ4v) is 2.64. The predicted octanol–water partition coefficient (Wildman–Crippen LogP) is 0.950. The number of hydrogen-bond donors (Lipinski definition) is 1. The molecule has 9 heteroatoms. The van der Waals surface area contributed by atoms with E-state index in [1.54, 1.807) is 0 Å². The van der Waals surface area contributed by atoms with Crippen LogP contribution >= 0.6 is 0 Å². The van der Waals surface area contributed by atoms with E-state index >= 15 is 0 Å². The SMILES string of the molecule is COC(=O)/C=C(/C)NS(=O)(=O)c1ccccc1[N+](=O)[O-]. The average molecular weight is 300 g/mol. The Balaban J connectivity index is 3.16. The number of esters is 1. The average Bonchev–Trinajstić information content (AvgIpc) is 2.37. The minimum absolute atomic E-state index is 0.0185. The molecule has 1 rings (SSSR count). The molecule has 0 unspecified atom stereocenters. The van der Waals surface area contributed by atoms with E-state index in [1.165, 1.54) is 19.1 Å². The third-order valence-electron chi connectivity index (χ3n) is 2.18. The number of methoxy groups -OCH3 is 1. The molecule has 108 valence electrons. The summed E-state index contributed by atoms with van der Waals surface area (Å²) < 4.78 is 30.5. The molecule has 0 spiro atoms. The zero-order valence-corrected chi connectivity index (χ0v) is 11.5. The van der Waals surface area contributed by atoms with Crippen molar-refractivity contribution >= 4 is 21.7 Å². The van der Waals surface area contributed by atoms with Crippen LogP contribution in [0.25, 0.3) is 0 Å². The largest absolute Gasteiger partial charge is 0.466 e. The van der Waals surface area contributed by atoms with Crippen LogP contribution in [0.2, 0.25) is 0 Å². The molecule has 0 aromatic heterocycles. The van der Waals surface area contributed by atoms with Gasteiger partial charge in [0.15, 0.2) is 4.90 Å². The van der Waals surface area contributed by atoms with Crippen molar-refractivity contribution in [3.8, 4) is 0 Å². The molecule has 0 saturated carbocycles. The summed E-state index contributed by atoms with van der Waals surface area (Å²) >= 11 is 0. The van der Waals surface area contributed by atoms with Crippen LogP contribution in [-0.4, -0.2) is 26.4 Å². The molecule has 0 aliphatic heterocycles. The number of nitro groups is 1. The normalized spacial score (nSPS) is 11.8. The monoisotopic (exact) mass is 300 g/mol. The van der Waals surface area contributed by atoms with E-state index in [1.807, 2.05) is 0 Å². The Morgan fingerprint density at radius 3 is 2.55 bits per heavy atom. The van der Waals surface area contributed by atoms with Gasteiger partial charge in [0, 0.05) is 17.8 Å². The van der Waals surface area contributed by atoms with E-state index in [2.05, 4.69) is 9.46 Å². The van der Waals surface area contributed by atoms with Gasteiger partial charge in [-0.3, -0.25) is 14.8 Å². The lowest BCUT2D eigenvalue weighted by atomic mass is 10.3. The molecular formula is C11H12N2O6S. The Kier molecular flexibility index (Phi) is 4.81. The molecule has 0 bridgehead atoms. The van der Waals surface area contributed by atoms with E-state index in [0.717, 1.165) is 25.3 Å². The maximum absolute atomic E-state index is 12.0. The van der Waals surface area contributed by atoms with E-state index < -0.39 is 31.5 Å². The molecular weight excluding hydrogens is 288 g/mol. The zero-order valence-electron chi connectivity index (χ0n) is 10.7. The predicted molar refractivity (Wildman–Crippen MR) is 69.2 cm³/mol. The molecule has 1 N–H and O–H groups in total. The lowest BCUT2D eigenvalue weighted by Crippen LogP contribution is -2.23. The fraction of sp³-hybridized carbons (Fsp3) is 0.182. The topological polar surface area (TPSA) is 116 Å². The van der Waals surface area contributed by atoms with Crippen LogP contribution in [0.3, 0.4) is 0 Å². The summed E-state index contributed by atoms with van der Waals surface area (Å²) in [6, 6.07) is 4.90. The number of nitrogens with zero attached hydrogens (tertiary/aromatic N) is 1. The maximum Gasteiger partial charge on any atom is 0.332 e. The smallest absolute Gasteiger partial charge is 0.332 e. The Morgan fingerprint density at radius 1 is 1.40 bits per heavy atom. The van der Waals surface area contributed by atoms with Crippen LogP contribution in [0.1, 0.15) is 6.92 Å². The highest BCUT2D eigenvalue weighted by Crippen LogP contribution is 2.23. The second kappa shape index (κ2) is 6.15. The van der Waals surface area contributed by atoms with Crippen LogP contribution in [0.5, 0.6) is 0 Å². The first-order valence-electron chi connectivity index (χ1n) is 5.30. The highest BCUT2D eigenvalue weighted by atomic mass is 32.2. The van der Waals surface area contributed by atoms with Crippen molar-refractivity contribution in [1.82, 2.24) is 4.72 Å². The first-order valence-corrected chi connectivity index (χ1v) is 6.78. The standard InChI is InChI=1S/C11H12N2O6S/c1-8(7-11(14)19-2)12-20(17,18)10-6-4-3-5-9(10)13(15)16/h3-7,12H,1-2H3/b8-7-. The Morgan fingerprint density at radius 2 is 2.00 bits per heavy atom. The van der Waals surface area contributed by atoms with E-state index in [0.29, 0.717) is 0 Å². The lowest BCUT2D eigenvalue weighted by Gasteiger charge is -2.08. The van der Waals surface area contributed by atoms with Crippen LogP contribution in [0.15, 0.2) is 40.9 Å². The van der Waals surface area contributed by atoms with Gasteiger partial charge in [-0.05, 0) is 13.0 Å². The van der Waals surface area contributed by atoms with Gasteiger partial charge in [-0.15, -0.1) is 0 Å². The van der Waals surface area contributed by atoms with Gasteiger partial charge < -0.3 is 4.74 Å². The van der Waals surface area contributed by atoms with Crippen molar-refractivity contribution in [2.75, 3.05) is 7.11 Å². The Labute approximate surface area is 115 Å². The minimum atomic E-state index is -4.16. The van der Waals surface area contributed by atoms with Gasteiger partial charge in [0.05, 0.1) is 12.0 Å². The molecule has 0 atom stereocenters. The minimum Gasteiger partial charge on any atom is -0.466 e. The van der Waals surface area contributed by atoms with Gasteiger partial charge in [-0.1, -0.05) is 12.1 Å². The van der Waals surface area contributed by atoms with Crippen molar-refractivity contribution in [2.45, 2.75) is 11.8 Å². The number of rotatable bonds is 5. The third kappa shape index (κ3) is 3.79. The molecule has 0 aliphatic carbocycles. The summed E-state index contributed by atoms with van der Waals surface area (Å²) in [5.41, 5.74) is -0.569. The van der Waals surface area contributed by atoms with Crippen molar-refractivity contribution in [3.05, 3.63) is 46.2 Å². The van der Waals surface area contributed by atoms with Crippen LogP contribution in [0.4, 0.5) is 5.69 Å². The molecule has 0 radical (unpaired) electrons. The molecule has 20 heavy (non-hydrogen) atoms. The summed E-state index contributed by atoms with van der Waals surface area (Å²) in [5, 5.41) is 10.8. The van der Waals surface area contributed by atoms with Gasteiger partial charge in [-0.25, -0.2) is 13.2 Å². The van der Waals surface area contributed by atoms with Crippen LogP contribution < -0.4 is 4.72 Å². The van der Waals surface area contributed by atoms with Crippen LogP contribution in [0, 0.1) is 10.1 Å². The number of ether oxygens (including phenoxy) is 1. The molecule has 1 aromatic carbocycles. The number of carbonyl (C=O) groups excluding carboxylic acids is 1. The first kappa shape index (κ1) is 15.6. The van der Waals surface area contributed by atoms with E-state index in [4.69, 9.17) is 0 Å². The number of allylic oxidation sites excluding steroid dienone is 1. The molecule has 0 saturated heterocycles. The second-order valence-electron chi connectivity index (χ2n) is 3.68. The van der Waals surface area contributed by atoms with Gasteiger partial charge in [0.25, 0.3) is 15.7 Å². The molecule has 8 nitrogen and oxygen atoms in total. The maximum atomic E-state index is 12.0. The molecule has 0 fully saturated rings. The number of para-hydroxylation sites is 1. The van der Waals surface area contributed by atoms with Crippen molar-refractivity contribution in [3.63, 3.8) is 0 Å². The van der Waals surface area contributed by atoms with Gasteiger partial charge in [-0.2, -0.15) is 0 Å². The summed E-state index contributed by atoms with van der Waals surface area (Å²) in [7, 11) is -3.02. The number of nitro benzene ring substituents is 1. The third-order valence-corrected chi connectivity index (χ3v) is 3.70. The zero-order chi connectivity index (χ0) is 15.3. The van der Waals surface area contributed by atoms with Gasteiger partial charge >= 0.3 is 5.97 Å². The van der Waals surface area contributed by atoms with Crippen molar-refractivity contribution in [1.29, 1.82) is 0 Å². The molecule has 0 amide bonds. The van der Waals surface area contributed by atoms with Gasteiger partial charge in [0.1, 0.15) is 0 Å². The molecule has 0 heterocycles. The van der Waals surface area contributed by atoms with Crippen LogP contribution in [-0.2, 0) is 19.6 Å². The molecule has 1 aromatic rings. The van der Waals surface area contributed by atoms with Crippen molar-refractivity contribution < 1.29 is 22.9 Å². The number of nitrogens with one attached hydrogen (secondary N) is 1. The lowest BCUT2D eigenvalue weighted by molar-refractivity contribution is -0.387. The van der Waals surface area contributed by atoms with Crippen molar-refractivity contribution in [2.24, 2.45) is 0 Å². The van der Waals surface area contributed by atoms with E-state index in [-0.39, 0.29) is 5.70 Å². The Hall–Kier alpha value is -2.42. The summed E-state index contributed by atoms with van der Waals surface area (Å²) in [4.78, 5) is 20.5. The second-order valence-corrected chi connectivity index (χ2v) is 5.33.